The first-order chi connectivity index (χ1) is 15.6. The van der Waals surface area contributed by atoms with Gasteiger partial charge in [-0.25, -0.2) is 4.68 Å². The number of carbonyl (C=O) groups excluding carboxylic acids is 1. The van der Waals surface area contributed by atoms with Crippen molar-refractivity contribution < 1.29 is 4.79 Å². The van der Waals surface area contributed by atoms with Crippen LogP contribution in [-0.2, 0) is 11.2 Å². The number of hydrogen-bond donors (Lipinski definition) is 1. The number of amides is 1. The molecule has 1 amide bonds. The van der Waals surface area contributed by atoms with Crippen LogP contribution in [0.5, 0.6) is 0 Å². The number of nitrogens with one attached hydrogen (secondary N) is 1. The Morgan fingerprint density at radius 2 is 1.94 bits per heavy atom. The Kier molecular flexibility index (Phi) is 5.41. The van der Waals surface area contributed by atoms with E-state index in [2.05, 4.69) is 56.6 Å². The van der Waals surface area contributed by atoms with E-state index in [0.29, 0.717) is 5.92 Å². The molecule has 2 atom stereocenters. The van der Waals surface area contributed by atoms with Gasteiger partial charge in [0.25, 0.3) is 0 Å². The van der Waals surface area contributed by atoms with Gasteiger partial charge in [-0.15, -0.1) is 0 Å². The molecule has 7 heteroatoms. The van der Waals surface area contributed by atoms with Gasteiger partial charge < -0.3 is 10.2 Å². The molecular weight excluding hydrogens is 400 g/mol. The van der Waals surface area contributed by atoms with Crippen molar-refractivity contribution in [2.24, 2.45) is 0 Å². The Bertz CT molecular complexity index is 1250. The predicted octanol–water partition coefficient (Wildman–Crippen LogP) is 2.88. The molecule has 1 unspecified atom stereocenters. The topological polar surface area (TPSA) is 75.9 Å². The van der Waals surface area contributed by atoms with E-state index in [4.69, 9.17) is 0 Å². The van der Waals surface area contributed by atoms with Gasteiger partial charge in [-0.1, -0.05) is 30.3 Å². The number of carbonyl (C=O) groups is 1. The normalized spacial score (nSPS) is 18.8. The zero-order valence-corrected chi connectivity index (χ0v) is 18.3. The van der Waals surface area contributed by atoms with E-state index in [9.17, 15) is 4.79 Å². The molecule has 0 spiro atoms. The van der Waals surface area contributed by atoms with Crippen LogP contribution in [0.25, 0.3) is 16.6 Å². The lowest BCUT2D eigenvalue weighted by molar-refractivity contribution is -0.121. The van der Waals surface area contributed by atoms with Crippen molar-refractivity contribution in [1.29, 1.82) is 0 Å². The average Bonchev–Trinajstić information content (AvgIpc) is 3.37. The molecule has 1 aromatic carbocycles. The number of aromatic nitrogens is 4. The van der Waals surface area contributed by atoms with E-state index in [1.54, 1.807) is 12.4 Å². The second kappa shape index (κ2) is 8.51. The zero-order chi connectivity index (χ0) is 22.1. The van der Waals surface area contributed by atoms with E-state index in [0.717, 1.165) is 41.1 Å². The number of rotatable bonds is 5. The zero-order valence-electron chi connectivity index (χ0n) is 18.3. The summed E-state index contributed by atoms with van der Waals surface area (Å²) in [7, 11) is 2.10. The molecule has 0 aliphatic carbocycles. The standard InChI is InChI=1S/C25H26N6O/c1-17-10-21(8-9-26-17)31-24-14-27-20(11-19(24)13-28-31)12-25(32)29-23-16-30(2)15-22(23)18-6-4-3-5-7-18/h3-11,13-14,22-23H,12,15-16H2,1-2H3,(H,29,32)/t22-,23?/m1/s1. The molecule has 4 heterocycles. The second-order valence-electron chi connectivity index (χ2n) is 8.54. The summed E-state index contributed by atoms with van der Waals surface area (Å²) < 4.78 is 1.85. The molecule has 1 N–H and O–H groups in total. The molecule has 1 aliphatic rings. The molecule has 0 radical (unpaired) electrons. The van der Waals surface area contributed by atoms with Crippen molar-refractivity contribution in [3.05, 3.63) is 84.1 Å². The minimum atomic E-state index is -0.00442. The Labute approximate surface area is 187 Å². The van der Waals surface area contributed by atoms with Crippen LogP contribution in [0.2, 0.25) is 0 Å². The van der Waals surface area contributed by atoms with E-state index in [1.165, 1.54) is 5.56 Å². The van der Waals surface area contributed by atoms with Crippen LogP contribution in [0, 0.1) is 6.92 Å². The van der Waals surface area contributed by atoms with E-state index < -0.39 is 0 Å². The summed E-state index contributed by atoms with van der Waals surface area (Å²) >= 11 is 0. The number of fused-ring (bicyclic) bond motifs is 1. The molecule has 7 nitrogen and oxygen atoms in total. The number of likely N-dealkylation sites (tertiary alicyclic amines) is 1. The Morgan fingerprint density at radius 3 is 2.75 bits per heavy atom. The summed E-state index contributed by atoms with van der Waals surface area (Å²) in [5.41, 5.74) is 4.78. The third-order valence-electron chi connectivity index (χ3n) is 6.05. The van der Waals surface area contributed by atoms with Gasteiger partial charge >= 0.3 is 0 Å². The first-order valence-corrected chi connectivity index (χ1v) is 10.9. The molecule has 0 saturated carbocycles. The van der Waals surface area contributed by atoms with Gasteiger partial charge in [-0.3, -0.25) is 14.8 Å². The highest BCUT2D eigenvalue weighted by Crippen LogP contribution is 2.27. The SMILES string of the molecule is Cc1cc(-n2ncc3cc(CC(=O)NC4CN(C)C[C@@H]4c4ccccc4)ncc32)ccn1. The first kappa shape index (κ1) is 20.3. The van der Waals surface area contributed by atoms with Crippen LogP contribution in [-0.4, -0.2) is 56.7 Å². The van der Waals surface area contributed by atoms with Crippen LogP contribution in [0.1, 0.15) is 22.9 Å². The Morgan fingerprint density at radius 1 is 1.09 bits per heavy atom. The van der Waals surface area contributed by atoms with E-state index in [1.807, 2.05) is 42.1 Å². The number of hydrogen-bond acceptors (Lipinski definition) is 5. The maximum Gasteiger partial charge on any atom is 0.226 e. The second-order valence-corrected chi connectivity index (χ2v) is 8.54. The minimum absolute atomic E-state index is 0.00442. The maximum atomic E-state index is 12.9. The number of benzene rings is 1. The lowest BCUT2D eigenvalue weighted by Crippen LogP contribution is -2.40. The first-order valence-electron chi connectivity index (χ1n) is 10.9. The van der Waals surface area contributed by atoms with Gasteiger partial charge in [0.2, 0.25) is 5.91 Å². The van der Waals surface area contributed by atoms with Gasteiger partial charge in [0.1, 0.15) is 0 Å². The third-order valence-corrected chi connectivity index (χ3v) is 6.05. The highest BCUT2D eigenvalue weighted by atomic mass is 16.1. The molecule has 1 saturated heterocycles. The summed E-state index contributed by atoms with van der Waals surface area (Å²) in [5.74, 6) is 0.290. The average molecular weight is 427 g/mol. The molecular formula is C25H26N6O. The minimum Gasteiger partial charge on any atom is -0.351 e. The lowest BCUT2D eigenvalue weighted by Gasteiger charge is -2.20. The van der Waals surface area contributed by atoms with Crippen LogP contribution in [0.4, 0.5) is 0 Å². The smallest absolute Gasteiger partial charge is 0.226 e. The Balaban J connectivity index is 1.31. The molecule has 4 aromatic rings. The van der Waals surface area contributed by atoms with Crippen molar-refractivity contribution in [2.45, 2.75) is 25.3 Å². The monoisotopic (exact) mass is 426 g/mol. The Hall–Kier alpha value is -3.58. The van der Waals surface area contributed by atoms with Crippen molar-refractivity contribution >= 4 is 16.8 Å². The lowest BCUT2D eigenvalue weighted by atomic mass is 9.94. The highest BCUT2D eigenvalue weighted by molar-refractivity contribution is 5.83. The fraction of sp³-hybridized carbons (Fsp3) is 0.280. The molecule has 162 valence electrons. The van der Waals surface area contributed by atoms with Crippen molar-refractivity contribution in [2.75, 3.05) is 20.1 Å². The van der Waals surface area contributed by atoms with Gasteiger partial charge in [0.05, 0.1) is 35.7 Å². The third kappa shape index (κ3) is 4.11. The quantitative estimate of drug-likeness (QED) is 0.531. The van der Waals surface area contributed by atoms with Gasteiger partial charge in [0.15, 0.2) is 0 Å². The van der Waals surface area contributed by atoms with Crippen LogP contribution >= 0.6 is 0 Å². The number of likely N-dealkylation sites (N-methyl/N-ethyl adjacent to an activating group) is 1. The van der Waals surface area contributed by atoms with Gasteiger partial charge in [0, 0.05) is 42.3 Å². The molecule has 32 heavy (non-hydrogen) atoms. The summed E-state index contributed by atoms with van der Waals surface area (Å²) in [5, 5.41) is 8.71. The number of nitrogens with zero attached hydrogens (tertiary/aromatic N) is 5. The maximum absolute atomic E-state index is 12.9. The molecule has 1 fully saturated rings. The number of pyridine rings is 2. The molecule has 0 bridgehead atoms. The summed E-state index contributed by atoms with van der Waals surface area (Å²) in [4.78, 5) is 23.9. The highest BCUT2D eigenvalue weighted by Gasteiger charge is 2.32. The van der Waals surface area contributed by atoms with Gasteiger partial charge in [-0.05, 0) is 37.7 Å². The van der Waals surface area contributed by atoms with Crippen LogP contribution < -0.4 is 5.32 Å². The fourth-order valence-electron chi connectivity index (χ4n) is 4.54. The van der Waals surface area contributed by atoms with Crippen molar-refractivity contribution in [3.63, 3.8) is 0 Å². The van der Waals surface area contributed by atoms with Crippen molar-refractivity contribution in [3.8, 4) is 5.69 Å². The van der Waals surface area contributed by atoms with Crippen LogP contribution in [0.3, 0.4) is 0 Å². The summed E-state index contributed by atoms with van der Waals surface area (Å²) in [6, 6.07) is 16.4. The predicted molar refractivity (Wildman–Crippen MR) is 124 cm³/mol. The van der Waals surface area contributed by atoms with E-state index in [-0.39, 0.29) is 18.4 Å². The van der Waals surface area contributed by atoms with Crippen molar-refractivity contribution in [1.82, 2.24) is 30.0 Å². The van der Waals surface area contributed by atoms with Crippen LogP contribution in [0.15, 0.2) is 67.1 Å². The molecule has 5 rings (SSSR count). The summed E-state index contributed by atoms with van der Waals surface area (Å²) in [6.07, 6.45) is 5.62. The summed E-state index contributed by atoms with van der Waals surface area (Å²) in [6.45, 7) is 3.73. The fourth-order valence-corrected chi connectivity index (χ4v) is 4.54. The molecule has 3 aromatic heterocycles. The van der Waals surface area contributed by atoms with E-state index >= 15 is 0 Å². The molecule has 1 aliphatic heterocycles. The largest absolute Gasteiger partial charge is 0.351 e. The van der Waals surface area contributed by atoms with Gasteiger partial charge in [-0.2, -0.15) is 5.10 Å². The number of aryl methyl sites for hydroxylation is 1.